The number of rotatable bonds is 3. The van der Waals surface area contributed by atoms with Gasteiger partial charge in [-0.25, -0.2) is 4.68 Å². The minimum Gasteiger partial charge on any atom is -0.334 e. The molecule has 2 aromatic heterocycles. The molecule has 1 aromatic carbocycles. The lowest BCUT2D eigenvalue weighted by atomic mass is 9.77. The average molecular weight is 411 g/mol. The SMILES string of the molecule is Cc1c(-c2nc(C3(N)CCC3)no2)cnn1-c1ccc(Br)cc1.Cl. The third-order valence-corrected chi connectivity index (χ3v) is 4.96. The molecule has 1 saturated carbocycles. The largest absolute Gasteiger partial charge is 0.334 e. The number of benzene rings is 1. The molecule has 0 atom stereocenters. The highest BCUT2D eigenvalue weighted by atomic mass is 79.9. The standard InChI is InChI=1S/C16H16BrN5O.ClH/c1-10-13(9-19-22(10)12-5-3-11(17)4-6-12)14-20-15(21-23-14)16(18)7-2-8-16;/h3-6,9H,2,7-8,18H2,1H3;1H. The Hall–Kier alpha value is -1.70. The molecule has 1 fully saturated rings. The zero-order chi connectivity index (χ0) is 16.0. The zero-order valence-corrected chi connectivity index (χ0v) is 15.5. The number of nitrogens with zero attached hydrogens (tertiary/aromatic N) is 4. The number of hydrogen-bond acceptors (Lipinski definition) is 5. The van der Waals surface area contributed by atoms with Gasteiger partial charge in [0.1, 0.15) is 0 Å². The topological polar surface area (TPSA) is 82.8 Å². The molecule has 2 heterocycles. The number of nitrogens with two attached hydrogens (primary N) is 1. The molecule has 3 aromatic rings. The maximum Gasteiger partial charge on any atom is 0.261 e. The van der Waals surface area contributed by atoms with Gasteiger partial charge in [0.15, 0.2) is 5.82 Å². The van der Waals surface area contributed by atoms with E-state index in [4.69, 9.17) is 10.3 Å². The molecule has 0 radical (unpaired) electrons. The molecule has 2 N–H and O–H groups in total. The molecule has 0 bridgehead atoms. The highest BCUT2D eigenvalue weighted by Crippen LogP contribution is 2.38. The Bertz CT molecular complexity index is 854. The van der Waals surface area contributed by atoms with Crippen molar-refractivity contribution >= 4 is 28.3 Å². The third kappa shape index (κ3) is 2.76. The molecule has 0 unspecified atom stereocenters. The van der Waals surface area contributed by atoms with Crippen LogP contribution in [0.1, 0.15) is 30.8 Å². The first-order chi connectivity index (χ1) is 11.1. The first-order valence-electron chi connectivity index (χ1n) is 7.51. The Kier molecular flexibility index (Phi) is 4.50. The summed E-state index contributed by atoms with van der Waals surface area (Å²) in [6, 6.07) is 7.96. The summed E-state index contributed by atoms with van der Waals surface area (Å²) in [4.78, 5) is 4.49. The fourth-order valence-corrected chi connectivity index (χ4v) is 3.04. The van der Waals surface area contributed by atoms with Gasteiger partial charge in [0.2, 0.25) is 0 Å². The van der Waals surface area contributed by atoms with Gasteiger partial charge >= 0.3 is 0 Å². The smallest absolute Gasteiger partial charge is 0.261 e. The van der Waals surface area contributed by atoms with Crippen LogP contribution in [0.5, 0.6) is 0 Å². The first kappa shape index (κ1) is 17.1. The van der Waals surface area contributed by atoms with Gasteiger partial charge in [-0.05, 0) is 50.5 Å². The van der Waals surface area contributed by atoms with Gasteiger partial charge in [0.05, 0.1) is 28.7 Å². The van der Waals surface area contributed by atoms with Crippen molar-refractivity contribution in [1.82, 2.24) is 19.9 Å². The Morgan fingerprint density at radius 1 is 1.25 bits per heavy atom. The van der Waals surface area contributed by atoms with E-state index >= 15 is 0 Å². The van der Waals surface area contributed by atoms with Gasteiger partial charge in [-0.2, -0.15) is 10.1 Å². The zero-order valence-electron chi connectivity index (χ0n) is 13.1. The van der Waals surface area contributed by atoms with E-state index < -0.39 is 5.54 Å². The van der Waals surface area contributed by atoms with Crippen LogP contribution in [-0.2, 0) is 5.54 Å². The summed E-state index contributed by atoms with van der Waals surface area (Å²) in [6.07, 6.45) is 4.67. The van der Waals surface area contributed by atoms with Gasteiger partial charge in [0, 0.05) is 4.47 Å². The molecular weight excluding hydrogens is 394 g/mol. The maximum atomic E-state index is 6.25. The van der Waals surface area contributed by atoms with Gasteiger partial charge < -0.3 is 10.3 Å². The molecule has 0 spiro atoms. The second-order valence-electron chi connectivity index (χ2n) is 5.96. The van der Waals surface area contributed by atoms with Crippen molar-refractivity contribution in [2.75, 3.05) is 0 Å². The summed E-state index contributed by atoms with van der Waals surface area (Å²) in [5.41, 5.74) is 8.59. The monoisotopic (exact) mass is 409 g/mol. The van der Waals surface area contributed by atoms with E-state index in [1.54, 1.807) is 6.20 Å². The predicted molar refractivity (Wildman–Crippen MR) is 96.3 cm³/mol. The van der Waals surface area contributed by atoms with Crippen molar-refractivity contribution in [2.24, 2.45) is 5.73 Å². The molecule has 24 heavy (non-hydrogen) atoms. The lowest BCUT2D eigenvalue weighted by molar-refractivity contribution is 0.229. The summed E-state index contributed by atoms with van der Waals surface area (Å²) < 4.78 is 8.30. The molecule has 0 saturated heterocycles. The Labute approximate surface area is 154 Å². The van der Waals surface area contributed by atoms with Crippen LogP contribution < -0.4 is 5.73 Å². The third-order valence-electron chi connectivity index (χ3n) is 4.43. The molecule has 1 aliphatic rings. The van der Waals surface area contributed by atoms with E-state index in [2.05, 4.69) is 31.2 Å². The fourth-order valence-electron chi connectivity index (χ4n) is 2.78. The van der Waals surface area contributed by atoms with Crippen LogP contribution >= 0.6 is 28.3 Å². The lowest BCUT2D eigenvalue weighted by Gasteiger charge is -2.34. The van der Waals surface area contributed by atoms with Crippen molar-refractivity contribution in [1.29, 1.82) is 0 Å². The quantitative estimate of drug-likeness (QED) is 0.711. The normalized spacial score (nSPS) is 15.6. The first-order valence-corrected chi connectivity index (χ1v) is 8.30. The van der Waals surface area contributed by atoms with Crippen molar-refractivity contribution in [3.05, 3.63) is 46.5 Å². The highest BCUT2D eigenvalue weighted by molar-refractivity contribution is 9.10. The summed E-state index contributed by atoms with van der Waals surface area (Å²) in [5.74, 6) is 1.06. The van der Waals surface area contributed by atoms with E-state index in [1.165, 1.54) is 0 Å². The average Bonchev–Trinajstić information content (AvgIpc) is 3.13. The van der Waals surface area contributed by atoms with Crippen molar-refractivity contribution in [2.45, 2.75) is 31.7 Å². The molecule has 1 aliphatic carbocycles. The van der Waals surface area contributed by atoms with Crippen molar-refractivity contribution < 1.29 is 4.52 Å². The van der Waals surface area contributed by atoms with Crippen molar-refractivity contribution in [3.63, 3.8) is 0 Å². The van der Waals surface area contributed by atoms with Gasteiger partial charge in [-0.1, -0.05) is 21.1 Å². The Balaban J connectivity index is 0.00000169. The molecule has 0 amide bonds. The minimum absolute atomic E-state index is 0. The maximum absolute atomic E-state index is 6.25. The Morgan fingerprint density at radius 3 is 2.58 bits per heavy atom. The van der Waals surface area contributed by atoms with E-state index in [0.717, 1.165) is 40.7 Å². The van der Waals surface area contributed by atoms with Gasteiger partial charge in [-0.15, -0.1) is 12.4 Å². The molecule has 6 nitrogen and oxygen atoms in total. The minimum atomic E-state index is -0.419. The molecule has 126 valence electrons. The van der Waals surface area contributed by atoms with Gasteiger partial charge in [0.25, 0.3) is 5.89 Å². The predicted octanol–water partition coefficient (Wildman–Crippen LogP) is 3.75. The summed E-state index contributed by atoms with van der Waals surface area (Å²) in [5, 5.41) is 8.51. The van der Waals surface area contributed by atoms with Crippen LogP contribution in [-0.4, -0.2) is 19.9 Å². The number of halogens is 2. The second kappa shape index (κ2) is 6.31. The van der Waals surface area contributed by atoms with E-state index in [-0.39, 0.29) is 12.4 Å². The summed E-state index contributed by atoms with van der Waals surface area (Å²) >= 11 is 3.44. The summed E-state index contributed by atoms with van der Waals surface area (Å²) in [6.45, 7) is 1.98. The molecule has 4 rings (SSSR count). The summed E-state index contributed by atoms with van der Waals surface area (Å²) in [7, 11) is 0. The van der Waals surface area contributed by atoms with E-state index in [9.17, 15) is 0 Å². The number of aromatic nitrogens is 4. The van der Waals surface area contributed by atoms with Crippen LogP contribution in [0, 0.1) is 6.92 Å². The second-order valence-corrected chi connectivity index (χ2v) is 6.88. The van der Waals surface area contributed by atoms with Crippen LogP contribution in [0.15, 0.2) is 39.5 Å². The van der Waals surface area contributed by atoms with Crippen LogP contribution in [0.4, 0.5) is 0 Å². The van der Waals surface area contributed by atoms with Crippen molar-refractivity contribution in [3.8, 4) is 17.1 Å². The Morgan fingerprint density at radius 2 is 1.96 bits per heavy atom. The van der Waals surface area contributed by atoms with Crippen LogP contribution in [0.2, 0.25) is 0 Å². The van der Waals surface area contributed by atoms with Crippen LogP contribution in [0.3, 0.4) is 0 Å². The molecule has 8 heteroatoms. The van der Waals surface area contributed by atoms with E-state index in [1.807, 2.05) is 35.9 Å². The van der Waals surface area contributed by atoms with Gasteiger partial charge in [-0.3, -0.25) is 0 Å². The van der Waals surface area contributed by atoms with Crippen LogP contribution in [0.25, 0.3) is 17.1 Å². The molecule has 0 aliphatic heterocycles. The van der Waals surface area contributed by atoms with E-state index in [0.29, 0.717) is 11.7 Å². The molecular formula is C16H17BrClN5O. The fraction of sp³-hybridized carbons (Fsp3) is 0.312. The number of hydrogen-bond donors (Lipinski definition) is 1. The highest BCUT2D eigenvalue weighted by Gasteiger charge is 2.39. The lowest BCUT2D eigenvalue weighted by Crippen LogP contribution is -2.44.